The molecular formula is C4HClF6. The maximum absolute atomic E-state index is 11.7. The highest BCUT2D eigenvalue weighted by Crippen LogP contribution is 2.31. The Kier molecular flexibility index (Phi) is 3.22. The van der Waals surface area contributed by atoms with Crippen LogP contribution in [0.15, 0.2) is 11.1 Å². The van der Waals surface area contributed by atoms with E-state index in [0.29, 0.717) is 0 Å². The van der Waals surface area contributed by atoms with Crippen LogP contribution in [0.25, 0.3) is 0 Å². The van der Waals surface area contributed by atoms with Crippen molar-refractivity contribution in [1.82, 2.24) is 0 Å². The first-order valence-corrected chi connectivity index (χ1v) is 2.56. The first-order valence-electron chi connectivity index (χ1n) is 2.18. The number of hydrogen-bond donors (Lipinski definition) is 0. The van der Waals surface area contributed by atoms with Crippen LogP contribution in [-0.4, -0.2) is 12.3 Å². The Balaban J connectivity index is 4.52. The third-order valence-electron chi connectivity index (χ3n) is 0.690. The van der Waals surface area contributed by atoms with Crippen molar-refractivity contribution in [3.05, 3.63) is 11.1 Å². The molecule has 0 N–H and O–H groups in total. The molecule has 7 heteroatoms. The minimum absolute atomic E-state index is 2.32. The van der Waals surface area contributed by atoms with Crippen molar-refractivity contribution in [3.8, 4) is 0 Å². The lowest BCUT2D eigenvalue weighted by atomic mass is 10.3. The molecule has 0 bridgehead atoms. The standard InChI is InChI=1S/C4HClF6/c5-3(8)1(6)2(7)4(9,10)11/h2H. The number of allylic oxidation sites excluding steroid dienone is 1. The van der Waals surface area contributed by atoms with Gasteiger partial charge in [-0.2, -0.15) is 17.6 Å². The van der Waals surface area contributed by atoms with Crippen molar-refractivity contribution < 1.29 is 26.3 Å². The van der Waals surface area contributed by atoms with Gasteiger partial charge in [0, 0.05) is 0 Å². The number of halogens is 7. The van der Waals surface area contributed by atoms with E-state index in [0.717, 1.165) is 0 Å². The average Bonchev–Trinajstić information content (AvgIpc) is 1.82. The van der Waals surface area contributed by atoms with Crippen LogP contribution >= 0.6 is 11.6 Å². The van der Waals surface area contributed by atoms with Gasteiger partial charge in [-0.05, 0) is 11.6 Å². The summed E-state index contributed by atoms with van der Waals surface area (Å²) in [6.07, 6.45) is -9.45. The normalized spacial score (nSPS) is 17.7. The van der Waals surface area contributed by atoms with E-state index in [4.69, 9.17) is 0 Å². The highest BCUT2D eigenvalue weighted by atomic mass is 35.5. The molecule has 0 saturated heterocycles. The second kappa shape index (κ2) is 3.34. The molecule has 0 aromatic rings. The molecule has 0 aliphatic heterocycles. The van der Waals surface area contributed by atoms with Crippen molar-refractivity contribution in [2.45, 2.75) is 12.3 Å². The predicted octanol–water partition coefficient (Wildman–Crippen LogP) is 3.23. The van der Waals surface area contributed by atoms with E-state index in [9.17, 15) is 26.3 Å². The lowest BCUT2D eigenvalue weighted by molar-refractivity contribution is -0.174. The summed E-state index contributed by atoms with van der Waals surface area (Å²) in [6, 6.07) is 0. The van der Waals surface area contributed by atoms with Crippen LogP contribution in [0.1, 0.15) is 0 Å². The number of rotatable bonds is 1. The summed E-state index contributed by atoms with van der Waals surface area (Å²) in [5.41, 5.74) is 0. The highest BCUT2D eigenvalue weighted by molar-refractivity contribution is 6.28. The molecule has 0 fully saturated rings. The zero-order valence-corrected chi connectivity index (χ0v) is 5.48. The molecule has 1 atom stereocenters. The molecule has 0 rings (SSSR count). The molecule has 0 aromatic heterocycles. The van der Waals surface area contributed by atoms with Gasteiger partial charge >= 0.3 is 6.18 Å². The van der Waals surface area contributed by atoms with E-state index in [2.05, 4.69) is 11.6 Å². The number of hydrogen-bond acceptors (Lipinski definition) is 0. The highest BCUT2D eigenvalue weighted by Gasteiger charge is 2.44. The fourth-order valence-electron chi connectivity index (χ4n) is 0.239. The zero-order chi connectivity index (χ0) is 9.23. The predicted molar refractivity (Wildman–Crippen MR) is 26.0 cm³/mol. The van der Waals surface area contributed by atoms with Crippen LogP contribution in [0.3, 0.4) is 0 Å². The van der Waals surface area contributed by atoms with Gasteiger partial charge in [-0.1, -0.05) is 0 Å². The summed E-state index contributed by atoms with van der Waals surface area (Å²) in [5, 5.41) is -2.32. The molecular weight excluding hydrogens is 197 g/mol. The Morgan fingerprint density at radius 1 is 1.18 bits per heavy atom. The third kappa shape index (κ3) is 3.00. The first-order chi connectivity index (χ1) is 4.76. The van der Waals surface area contributed by atoms with Crippen molar-refractivity contribution in [3.63, 3.8) is 0 Å². The molecule has 0 radical (unpaired) electrons. The lowest BCUT2D eigenvalue weighted by Gasteiger charge is -2.08. The largest absolute Gasteiger partial charge is 0.426 e. The van der Waals surface area contributed by atoms with Gasteiger partial charge in [-0.25, -0.2) is 8.78 Å². The van der Waals surface area contributed by atoms with E-state index in [1.54, 1.807) is 0 Å². The summed E-state index contributed by atoms with van der Waals surface area (Å²) in [4.78, 5) is 0. The Labute approximate surface area is 62.4 Å². The molecule has 0 aliphatic carbocycles. The van der Waals surface area contributed by atoms with Gasteiger partial charge < -0.3 is 0 Å². The molecule has 0 spiro atoms. The number of alkyl halides is 4. The molecule has 0 aromatic carbocycles. The lowest BCUT2D eigenvalue weighted by Crippen LogP contribution is -2.25. The Morgan fingerprint density at radius 3 is 1.64 bits per heavy atom. The van der Waals surface area contributed by atoms with E-state index in [-0.39, 0.29) is 0 Å². The minimum Gasteiger partial charge on any atom is -0.229 e. The van der Waals surface area contributed by atoms with Crippen molar-refractivity contribution in [2.24, 2.45) is 0 Å². The molecule has 0 nitrogen and oxygen atoms in total. The summed E-state index contributed by atoms with van der Waals surface area (Å²) < 4.78 is 68.3. The van der Waals surface area contributed by atoms with Crippen LogP contribution < -0.4 is 0 Å². The summed E-state index contributed by atoms with van der Waals surface area (Å²) in [7, 11) is 0. The van der Waals surface area contributed by atoms with Crippen LogP contribution in [0.5, 0.6) is 0 Å². The van der Waals surface area contributed by atoms with E-state index in [1.165, 1.54) is 0 Å². The molecule has 0 amide bonds. The smallest absolute Gasteiger partial charge is 0.229 e. The SMILES string of the molecule is FC(Cl)=C(F)C(F)C(F)(F)F. The van der Waals surface area contributed by atoms with Gasteiger partial charge in [0.15, 0.2) is 5.83 Å². The van der Waals surface area contributed by atoms with Crippen LogP contribution in [0, 0.1) is 0 Å². The monoisotopic (exact) mass is 198 g/mol. The van der Waals surface area contributed by atoms with Gasteiger partial charge in [0.2, 0.25) is 11.5 Å². The second-order valence-electron chi connectivity index (χ2n) is 1.51. The van der Waals surface area contributed by atoms with E-state index < -0.39 is 23.5 Å². The Bertz CT molecular complexity index is 166. The molecule has 11 heavy (non-hydrogen) atoms. The average molecular weight is 198 g/mol. The van der Waals surface area contributed by atoms with Crippen LogP contribution in [-0.2, 0) is 0 Å². The fraction of sp³-hybridized carbons (Fsp3) is 0.500. The molecule has 0 aliphatic rings. The summed E-state index contributed by atoms with van der Waals surface area (Å²) >= 11 is 4.13. The topological polar surface area (TPSA) is 0 Å². The molecule has 0 heterocycles. The van der Waals surface area contributed by atoms with Crippen LogP contribution in [0.2, 0.25) is 0 Å². The zero-order valence-electron chi connectivity index (χ0n) is 4.72. The van der Waals surface area contributed by atoms with E-state index in [1.807, 2.05) is 0 Å². The molecule has 66 valence electrons. The van der Waals surface area contributed by atoms with Gasteiger partial charge in [-0.3, -0.25) is 0 Å². The van der Waals surface area contributed by atoms with Gasteiger partial charge in [0.1, 0.15) is 0 Å². The van der Waals surface area contributed by atoms with Gasteiger partial charge in [-0.15, -0.1) is 0 Å². The molecule has 0 saturated carbocycles. The summed E-state index contributed by atoms with van der Waals surface area (Å²) in [6.45, 7) is 0. The maximum Gasteiger partial charge on any atom is 0.426 e. The molecule has 1 unspecified atom stereocenters. The second-order valence-corrected chi connectivity index (χ2v) is 1.84. The maximum atomic E-state index is 11.7. The van der Waals surface area contributed by atoms with Crippen LogP contribution in [0.4, 0.5) is 26.3 Å². The van der Waals surface area contributed by atoms with E-state index >= 15 is 0 Å². The third-order valence-corrected chi connectivity index (χ3v) is 0.871. The van der Waals surface area contributed by atoms with Gasteiger partial charge in [0.05, 0.1) is 0 Å². The Morgan fingerprint density at radius 2 is 1.55 bits per heavy atom. The summed E-state index contributed by atoms with van der Waals surface area (Å²) in [5.74, 6) is -2.65. The Hall–Kier alpha value is -0.390. The van der Waals surface area contributed by atoms with Crippen molar-refractivity contribution in [2.75, 3.05) is 0 Å². The van der Waals surface area contributed by atoms with Crippen molar-refractivity contribution >= 4 is 11.6 Å². The van der Waals surface area contributed by atoms with Crippen molar-refractivity contribution in [1.29, 1.82) is 0 Å². The first kappa shape index (κ1) is 10.6. The van der Waals surface area contributed by atoms with Gasteiger partial charge in [0.25, 0.3) is 0 Å². The quantitative estimate of drug-likeness (QED) is 0.568. The minimum atomic E-state index is -5.46. The fourth-order valence-corrected chi connectivity index (χ4v) is 0.335.